The van der Waals surface area contributed by atoms with E-state index in [0.717, 1.165) is 25.7 Å². The molecule has 0 aliphatic rings. The highest BCUT2D eigenvalue weighted by Crippen LogP contribution is 2.45. The molecule has 0 aliphatic heterocycles. The van der Waals surface area contributed by atoms with E-state index in [9.17, 15) is 9.46 Å². The van der Waals surface area contributed by atoms with E-state index in [1.807, 2.05) is 0 Å². The van der Waals surface area contributed by atoms with Gasteiger partial charge in [-0.15, -0.1) is 0 Å². The predicted octanol–water partition coefficient (Wildman–Crippen LogP) is 8.88. The van der Waals surface area contributed by atoms with E-state index in [4.69, 9.17) is 4.52 Å². The smallest absolute Gasteiger partial charge is 0.312 e. The molecule has 1 unspecified atom stereocenters. The van der Waals surface area contributed by atoms with Crippen LogP contribution in [0.3, 0.4) is 0 Å². The molecule has 0 saturated heterocycles. The SMILES string of the molecule is CCCCCCCCCCCCN(CCCCCCCCCCCC)P(=O)(O)OC. The van der Waals surface area contributed by atoms with Gasteiger partial charge in [0.05, 0.1) is 0 Å². The molecule has 0 aromatic heterocycles. The molecule has 0 saturated carbocycles. The molecular weight excluding hydrogens is 393 g/mol. The van der Waals surface area contributed by atoms with Gasteiger partial charge in [0.2, 0.25) is 0 Å². The topological polar surface area (TPSA) is 49.8 Å². The van der Waals surface area contributed by atoms with E-state index >= 15 is 0 Å². The van der Waals surface area contributed by atoms with Gasteiger partial charge in [0.15, 0.2) is 0 Å². The third-order valence-corrected chi connectivity index (χ3v) is 7.73. The highest BCUT2D eigenvalue weighted by atomic mass is 31.2. The Bertz CT molecular complexity index is 369. The average molecular weight is 448 g/mol. The molecule has 0 fully saturated rings. The van der Waals surface area contributed by atoms with Gasteiger partial charge < -0.3 is 9.42 Å². The van der Waals surface area contributed by atoms with Crippen molar-refractivity contribution in [3.05, 3.63) is 0 Å². The van der Waals surface area contributed by atoms with Crippen molar-refractivity contribution in [1.82, 2.24) is 4.67 Å². The molecule has 30 heavy (non-hydrogen) atoms. The summed E-state index contributed by atoms with van der Waals surface area (Å²) < 4.78 is 18.9. The lowest BCUT2D eigenvalue weighted by atomic mass is 10.1. The quantitative estimate of drug-likeness (QED) is 0.118. The first-order valence-electron chi connectivity index (χ1n) is 13.2. The first-order valence-corrected chi connectivity index (χ1v) is 14.8. The van der Waals surface area contributed by atoms with Gasteiger partial charge in [-0.25, -0.2) is 9.24 Å². The first-order chi connectivity index (χ1) is 14.6. The minimum atomic E-state index is -3.60. The van der Waals surface area contributed by atoms with Crippen LogP contribution in [0.1, 0.15) is 142 Å². The van der Waals surface area contributed by atoms with E-state index in [1.54, 1.807) is 4.67 Å². The Morgan fingerprint density at radius 2 is 0.833 bits per heavy atom. The molecule has 0 spiro atoms. The number of nitrogens with zero attached hydrogens (tertiary/aromatic N) is 1. The Kier molecular flexibility index (Phi) is 22.4. The Morgan fingerprint density at radius 3 is 1.10 bits per heavy atom. The van der Waals surface area contributed by atoms with Crippen molar-refractivity contribution in [2.45, 2.75) is 142 Å². The highest BCUT2D eigenvalue weighted by molar-refractivity contribution is 7.50. The van der Waals surface area contributed by atoms with Crippen LogP contribution in [-0.4, -0.2) is 29.8 Å². The van der Waals surface area contributed by atoms with Gasteiger partial charge in [0.25, 0.3) is 0 Å². The fourth-order valence-corrected chi connectivity index (χ4v) is 5.06. The van der Waals surface area contributed by atoms with Gasteiger partial charge in [-0.3, -0.25) is 0 Å². The van der Waals surface area contributed by atoms with E-state index in [1.165, 1.54) is 110 Å². The summed E-state index contributed by atoms with van der Waals surface area (Å²) in [5, 5.41) is 0. The highest BCUT2D eigenvalue weighted by Gasteiger charge is 2.27. The Labute approximate surface area is 189 Å². The van der Waals surface area contributed by atoms with Crippen molar-refractivity contribution < 1.29 is 14.0 Å². The number of hydrogen-bond acceptors (Lipinski definition) is 2. The van der Waals surface area contributed by atoms with Gasteiger partial charge in [-0.2, -0.15) is 0 Å². The number of hydrogen-bond donors (Lipinski definition) is 1. The molecule has 0 bridgehead atoms. The summed E-state index contributed by atoms with van der Waals surface area (Å²) in [5.74, 6) is 0. The normalized spacial score (nSPS) is 13.8. The minimum Gasteiger partial charge on any atom is -0.312 e. The van der Waals surface area contributed by atoms with Crippen molar-refractivity contribution in [1.29, 1.82) is 0 Å². The molecule has 0 aromatic rings. The average Bonchev–Trinajstić information content (AvgIpc) is 2.74. The fourth-order valence-electron chi connectivity index (χ4n) is 4.04. The summed E-state index contributed by atoms with van der Waals surface area (Å²) in [7, 11) is -2.25. The third kappa shape index (κ3) is 18.8. The maximum atomic E-state index is 12.3. The zero-order chi connectivity index (χ0) is 22.3. The zero-order valence-electron chi connectivity index (χ0n) is 20.7. The van der Waals surface area contributed by atoms with Crippen LogP contribution in [-0.2, 0) is 9.09 Å². The molecule has 0 radical (unpaired) electrons. The van der Waals surface area contributed by atoms with Gasteiger partial charge in [-0.05, 0) is 12.8 Å². The molecule has 5 heteroatoms. The molecule has 182 valence electrons. The van der Waals surface area contributed by atoms with E-state index < -0.39 is 7.75 Å². The summed E-state index contributed by atoms with van der Waals surface area (Å²) in [5.41, 5.74) is 0. The van der Waals surface area contributed by atoms with Crippen molar-refractivity contribution in [3.63, 3.8) is 0 Å². The second kappa shape index (κ2) is 22.3. The Hall–Kier alpha value is 0.110. The van der Waals surface area contributed by atoms with Crippen molar-refractivity contribution >= 4 is 7.75 Å². The summed E-state index contributed by atoms with van der Waals surface area (Å²) in [6.45, 7) is 5.87. The molecule has 0 amide bonds. The van der Waals surface area contributed by atoms with Crippen LogP contribution in [0, 0.1) is 0 Å². The molecule has 1 atom stereocenters. The Morgan fingerprint density at radius 1 is 0.567 bits per heavy atom. The largest absolute Gasteiger partial charge is 0.405 e. The predicted molar refractivity (Wildman–Crippen MR) is 132 cm³/mol. The van der Waals surface area contributed by atoms with Crippen LogP contribution in [0.5, 0.6) is 0 Å². The number of rotatable bonds is 24. The Balaban J connectivity index is 3.76. The lowest BCUT2D eigenvalue weighted by Gasteiger charge is -2.25. The van der Waals surface area contributed by atoms with Gasteiger partial charge >= 0.3 is 7.75 Å². The summed E-state index contributed by atoms with van der Waals surface area (Å²) in [6.07, 6.45) is 25.6. The summed E-state index contributed by atoms with van der Waals surface area (Å²) >= 11 is 0. The van der Waals surface area contributed by atoms with Crippen LogP contribution >= 0.6 is 7.75 Å². The van der Waals surface area contributed by atoms with Crippen LogP contribution in [0.25, 0.3) is 0 Å². The van der Waals surface area contributed by atoms with Gasteiger partial charge in [0.1, 0.15) is 0 Å². The van der Waals surface area contributed by atoms with E-state index in [2.05, 4.69) is 13.8 Å². The summed E-state index contributed by atoms with van der Waals surface area (Å²) in [6, 6.07) is 0. The minimum absolute atomic E-state index is 0.676. The van der Waals surface area contributed by atoms with Gasteiger partial charge in [0, 0.05) is 20.2 Å². The second-order valence-electron chi connectivity index (χ2n) is 8.99. The standard InChI is InChI=1S/C25H54NO3P/c1-4-6-8-10-12-14-16-18-20-22-24-26(30(27,28)29-3)25-23-21-19-17-15-13-11-9-7-5-2/h4-25H2,1-3H3,(H,27,28). The first kappa shape index (κ1) is 30.1. The van der Waals surface area contributed by atoms with Crippen LogP contribution in [0.2, 0.25) is 0 Å². The van der Waals surface area contributed by atoms with E-state index in [-0.39, 0.29) is 0 Å². The van der Waals surface area contributed by atoms with E-state index in [0.29, 0.717) is 13.1 Å². The molecule has 0 heterocycles. The number of unbranched alkanes of at least 4 members (excludes halogenated alkanes) is 18. The molecule has 0 aromatic carbocycles. The van der Waals surface area contributed by atoms with Crippen LogP contribution < -0.4 is 0 Å². The maximum Gasteiger partial charge on any atom is 0.405 e. The molecule has 4 nitrogen and oxygen atoms in total. The van der Waals surface area contributed by atoms with Crippen molar-refractivity contribution in [2.75, 3.05) is 20.2 Å². The zero-order valence-corrected chi connectivity index (χ0v) is 21.6. The molecule has 0 rings (SSSR count). The lowest BCUT2D eigenvalue weighted by molar-refractivity contribution is 0.230. The molecule has 1 N–H and O–H groups in total. The fraction of sp³-hybridized carbons (Fsp3) is 1.00. The van der Waals surface area contributed by atoms with Crippen LogP contribution in [0.15, 0.2) is 0 Å². The molecular formula is C25H54NO3P. The second-order valence-corrected chi connectivity index (χ2v) is 10.9. The monoisotopic (exact) mass is 447 g/mol. The molecule has 0 aliphatic carbocycles. The third-order valence-electron chi connectivity index (χ3n) is 6.13. The van der Waals surface area contributed by atoms with Gasteiger partial charge in [-0.1, -0.05) is 129 Å². The maximum absolute atomic E-state index is 12.3. The summed E-state index contributed by atoms with van der Waals surface area (Å²) in [4.78, 5) is 10.1. The van der Waals surface area contributed by atoms with Crippen molar-refractivity contribution in [3.8, 4) is 0 Å². The lowest BCUT2D eigenvalue weighted by Crippen LogP contribution is -2.23. The van der Waals surface area contributed by atoms with Crippen LogP contribution in [0.4, 0.5) is 0 Å². The van der Waals surface area contributed by atoms with Crippen molar-refractivity contribution in [2.24, 2.45) is 0 Å².